The van der Waals surface area contributed by atoms with Crippen molar-refractivity contribution in [1.29, 1.82) is 10.5 Å². The maximum absolute atomic E-state index is 13.9. The predicted molar refractivity (Wildman–Crippen MR) is 249 cm³/mol. The van der Waals surface area contributed by atoms with Crippen LogP contribution in [-0.2, 0) is 25.7 Å². The molecule has 4 aromatic rings. The molecule has 2 aliphatic rings. The van der Waals surface area contributed by atoms with E-state index in [0.29, 0.717) is 39.8 Å². The average Bonchev–Trinajstić information content (AvgIpc) is 3.69. The Kier molecular flexibility index (Phi) is 15.1. The number of nitriles is 2. The predicted octanol–water partition coefficient (Wildman–Crippen LogP) is 5.99. The first kappa shape index (κ1) is 48.9. The molecule has 346 valence electrons. The molecule has 15 nitrogen and oxygen atoms in total. The first-order valence-electron chi connectivity index (χ1n) is 21.8. The van der Waals surface area contributed by atoms with Crippen LogP contribution >= 0.6 is 11.6 Å². The Morgan fingerprint density at radius 2 is 1.62 bits per heavy atom. The van der Waals surface area contributed by atoms with Gasteiger partial charge in [0.2, 0.25) is 17.7 Å². The van der Waals surface area contributed by atoms with Crippen LogP contribution in [0.25, 0.3) is 11.1 Å². The van der Waals surface area contributed by atoms with Crippen molar-refractivity contribution >= 4 is 41.0 Å². The Morgan fingerprint density at radius 1 is 0.939 bits per heavy atom. The van der Waals surface area contributed by atoms with Gasteiger partial charge in [0.15, 0.2) is 0 Å². The lowest BCUT2D eigenvalue weighted by molar-refractivity contribution is -0.164. The second kappa shape index (κ2) is 20.3. The molecular weight excluding hydrogens is 860 g/mol. The minimum absolute atomic E-state index is 0.0460. The van der Waals surface area contributed by atoms with Crippen LogP contribution in [0, 0.1) is 38.9 Å². The van der Waals surface area contributed by atoms with E-state index in [-0.39, 0.29) is 50.8 Å². The second-order valence-corrected chi connectivity index (χ2v) is 19.5. The number of nitrogens with one attached hydrogen (secondary N) is 4. The van der Waals surface area contributed by atoms with Gasteiger partial charge in [-0.15, -0.1) is 0 Å². The molecule has 2 heterocycles. The zero-order valence-electron chi connectivity index (χ0n) is 38.3. The van der Waals surface area contributed by atoms with Crippen molar-refractivity contribution in [2.45, 2.75) is 91.8 Å². The van der Waals surface area contributed by atoms with Crippen LogP contribution in [0.3, 0.4) is 0 Å². The summed E-state index contributed by atoms with van der Waals surface area (Å²) in [6.45, 7) is 14.0. The lowest BCUT2D eigenvalue weighted by Gasteiger charge is -2.63. The van der Waals surface area contributed by atoms with Gasteiger partial charge < -0.3 is 40.7 Å². The Bertz CT molecular complexity index is 2480. The summed E-state index contributed by atoms with van der Waals surface area (Å²) in [5.74, 6) is -0.429. The molecule has 1 aliphatic heterocycles. The molecule has 0 radical (unpaired) electrons. The van der Waals surface area contributed by atoms with E-state index in [1.807, 2.05) is 45.0 Å². The number of carbonyl (C=O) groups is 4. The minimum atomic E-state index is -0.994. The van der Waals surface area contributed by atoms with E-state index in [0.717, 1.165) is 16.7 Å². The number of benzene rings is 3. The van der Waals surface area contributed by atoms with Crippen LogP contribution in [0.1, 0.15) is 81.9 Å². The normalized spacial score (nSPS) is 19.8. The molecular formula is C50H57ClN8O7. The van der Waals surface area contributed by atoms with Gasteiger partial charge in [-0.05, 0) is 65.1 Å². The number of likely N-dealkylation sites (tertiary alicyclic amines) is 1. The summed E-state index contributed by atoms with van der Waals surface area (Å²) < 4.78 is 12.0. The number of hydrogen-bond acceptors (Lipinski definition) is 11. The van der Waals surface area contributed by atoms with Gasteiger partial charge in [0.1, 0.15) is 42.4 Å². The molecule has 66 heavy (non-hydrogen) atoms. The number of carbonyl (C=O) groups excluding carboxylic acids is 4. The fourth-order valence-electron chi connectivity index (χ4n) is 9.04. The van der Waals surface area contributed by atoms with Crippen molar-refractivity contribution < 1.29 is 33.8 Å². The second-order valence-electron chi connectivity index (χ2n) is 19.1. The van der Waals surface area contributed by atoms with E-state index >= 15 is 0 Å². The number of ether oxygens (including phenoxy) is 2. The van der Waals surface area contributed by atoms with Gasteiger partial charge in [0, 0.05) is 66.3 Å². The smallest absolute Gasteiger partial charge is 0.251 e. The zero-order chi connectivity index (χ0) is 48.0. The number of aliphatic hydroxyl groups excluding tert-OH is 1. The van der Waals surface area contributed by atoms with Crippen LogP contribution in [-0.4, -0.2) is 95.3 Å². The number of pyridine rings is 1. The number of hydrogen-bond donors (Lipinski definition) is 5. The molecule has 1 unspecified atom stereocenters. The van der Waals surface area contributed by atoms with Crippen molar-refractivity contribution in [3.8, 4) is 29.0 Å². The van der Waals surface area contributed by atoms with Crippen LogP contribution in [0.5, 0.6) is 5.75 Å². The summed E-state index contributed by atoms with van der Waals surface area (Å²) in [5.41, 5.74) is 2.38. The van der Waals surface area contributed by atoms with E-state index < -0.39 is 52.2 Å². The van der Waals surface area contributed by atoms with Crippen molar-refractivity contribution in [1.82, 2.24) is 25.8 Å². The van der Waals surface area contributed by atoms with Crippen molar-refractivity contribution in [3.63, 3.8) is 0 Å². The third-order valence-electron chi connectivity index (χ3n) is 12.3. The molecule has 1 aliphatic carbocycles. The van der Waals surface area contributed by atoms with Gasteiger partial charge in [-0.25, -0.2) is 4.98 Å². The first-order valence-corrected chi connectivity index (χ1v) is 22.2. The highest BCUT2D eigenvalue weighted by Gasteiger charge is 2.64. The van der Waals surface area contributed by atoms with E-state index in [1.165, 1.54) is 4.90 Å². The molecule has 5 N–H and O–H groups in total. The molecule has 1 aromatic heterocycles. The monoisotopic (exact) mass is 916 g/mol. The largest absolute Gasteiger partial charge is 0.489 e. The lowest BCUT2D eigenvalue weighted by Crippen LogP contribution is -2.74. The minimum Gasteiger partial charge on any atom is -0.489 e. The van der Waals surface area contributed by atoms with E-state index in [4.69, 9.17) is 26.3 Å². The van der Waals surface area contributed by atoms with E-state index in [2.05, 4.69) is 66.1 Å². The number of anilines is 1. The standard InChI is InChI=1S/C50H57ClN8O7/c1-48(2,3)42(45(64)59-28-36(60)22-39(59)44(63)56-26-31-10-8-30(24-52)9-11-31)57-41(61)29-65-21-20-54-40-19-17-35(27-55-40)32-12-14-33(15-13-32)43(62)58-46-49(4,5)47(50(46,6)7)66-37-18-16-34(25-53)38(51)23-37/h8-19,23,27,36,39,42,46-47,60H,20-22,26,28-29H2,1-7H3,(H,54,55)(H,56,63)(H,57,61)(H,58,62)/t36-,39+,42?,46-,47-/m1/s1. The summed E-state index contributed by atoms with van der Waals surface area (Å²) in [4.78, 5) is 59.5. The summed E-state index contributed by atoms with van der Waals surface area (Å²) >= 11 is 6.24. The number of aromatic nitrogens is 1. The molecule has 1 saturated carbocycles. The molecule has 3 atom stereocenters. The maximum atomic E-state index is 13.9. The van der Waals surface area contributed by atoms with Gasteiger partial charge in [-0.2, -0.15) is 10.5 Å². The van der Waals surface area contributed by atoms with Gasteiger partial charge in [-0.1, -0.05) is 84.3 Å². The molecule has 0 bridgehead atoms. The van der Waals surface area contributed by atoms with Gasteiger partial charge >= 0.3 is 0 Å². The fraction of sp³-hybridized carbons (Fsp3) is 0.420. The summed E-state index contributed by atoms with van der Waals surface area (Å²) in [7, 11) is 0. The highest BCUT2D eigenvalue weighted by Crippen LogP contribution is 2.55. The van der Waals surface area contributed by atoms with Crippen molar-refractivity contribution in [3.05, 3.63) is 112 Å². The topological polar surface area (TPSA) is 219 Å². The van der Waals surface area contributed by atoms with Crippen LogP contribution < -0.4 is 26.0 Å². The van der Waals surface area contributed by atoms with Crippen LogP contribution in [0.15, 0.2) is 85.1 Å². The van der Waals surface area contributed by atoms with Gasteiger partial charge in [0.25, 0.3) is 5.91 Å². The third-order valence-corrected chi connectivity index (χ3v) is 12.6. The summed E-state index contributed by atoms with van der Waals surface area (Å²) in [6, 6.07) is 24.8. The highest BCUT2D eigenvalue weighted by molar-refractivity contribution is 6.31. The number of β-amino-alcohol motifs (C(OH)–C–C–N with tert-alkyl or cyclic N) is 1. The molecule has 16 heteroatoms. The quantitative estimate of drug-likeness (QED) is 0.0822. The van der Waals surface area contributed by atoms with Crippen LogP contribution in [0.4, 0.5) is 5.82 Å². The number of rotatable bonds is 16. The zero-order valence-corrected chi connectivity index (χ0v) is 39.0. The lowest BCUT2D eigenvalue weighted by atomic mass is 9.49. The Balaban J connectivity index is 0.936. The molecule has 0 spiro atoms. The number of amides is 4. The summed E-state index contributed by atoms with van der Waals surface area (Å²) in [6.07, 6.45) is 0.665. The maximum Gasteiger partial charge on any atom is 0.251 e. The average molecular weight is 918 g/mol. The van der Waals surface area contributed by atoms with E-state index in [9.17, 15) is 29.5 Å². The molecule has 6 rings (SSSR count). The van der Waals surface area contributed by atoms with Crippen molar-refractivity contribution in [2.75, 3.05) is 31.6 Å². The first-order chi connectivity index (χ1) is 31.2. The molecule has 2 fully saturated rings. The molecule has 4 amide bonds. The Hall–Kier alpha value is -6.52. The molecule has 1 saturated heterocycles. The number of aliphatic hydroxyl groups is 1. The summed E-state index contributed by atoms with van der Waals surface area (Å²) in [5, 5.41) is 41.1. The Labute approximate surface area is 390 Å². The SMILES string of the molecule is CC(C)(C)C(NC(=O)COCCNc1ccc(-c2ccc(C(=O)N[C@H]3C(C)(C)[C@H](Oc4ccc(C#N)c(Cl)c4)C3(C)C)cc2)cn1)C(=O)N1C[C@H](O)C[C@H]1C(=O)NCc1ccc(C#N)cc1. The third kappa shape index (κ3) is 11.3. The highest BCUT2D eigenvalue weighted by atomic mass is 35.5. The number of nitrogens with zero attached hydrogens (tertiary/aromatic N) is 4. The Morgan fingerprint density at radius 3 is 2.23 bits per heavy atom. The van der Waals surface area contributed by atoms with Gasteiger partial charge in [-0.3, -0.25) is 19.2 Å². The molecule has 3 aromatic carbocycles. The van der Waals surface area contributed by atoms with E-state index in [1.54, 1.807) is 60.8 Å². The van der Waals surface area contributed by atoms with Gasteiger partial charge in [0.05, 0.1) is 34.9 Å². The fourth-order valence-corrected chi connectivity index (χ4v) is 9.25. The van der Waals surface area contributed by atoms with Crippen molar-refractivity contribution in [2.24, 2.45) is 16.2 Å². The number of halogens is 1. The van der Waals surface area contributed by atoms with Crippen LogP contribution in [0.2, 0.25) is 5.02 Å².